The van der Waals surface area contributed by atoms with Crippen molar-refractivity contribution >= 4 is 11.9 Å². The van der Waals surface area contributed by atoms with Gasteiger partial charge < -0.3 is 10.5 Å². The van der Waals surface area contributed by atoms with Crippen LogP contribution in [0.2, 0.25) is 0 Å². The van der Waals surface area contributed by atoms with Gasteiger partial charge in [-0.3, -0.25) is 10.3 Å². The van der Waals surface area contributed by atoms with Gasteiger partial charge in [-0.15, -0.1) is 0 Å². The number of carbonyl (C=O) groups excluding carboxylic acids is 1. The van der Waals surface area contributed by atoms with Crippen LogP contribution in [0.1, 0.15) is 27.7 Å². The molecule has 3 N–H and O–H groups in total. The fraction of sp³-hybridized carbons (Fsp3) is 0.778. The Morgan fingerprint density at radius 3 is 2.21 bits per heavy atom. The first-order valence-corrected chi connectivity index (χ1v) is 4.64. The van der Waals surface area contributed by atoms with Crippen LogP contribution in [0.15, 0.2) is 0 Å². The Balaban J connectivity index is 4.33. The van der Waals surface area contributed by atoms with Crippen LogP contribution in [0, 0.1) is 5.41 Å². The maximum Gasteiger partial charge on any atom is 0.410 e. The third kappa shape index (κ3) is 4.69. The van der Waals surface area contributed by atoms with Crippen LogP contribution < -0.4 is 5.73 Å². The summed E-state index contributed by atoms with van der Waals surface area (Å²) >= 11 is 0. The topological polar surface area (TPSA) is 79.4 Å². The summed E-state index contributed by atoms with van der Waals surface area (Å²) < 4.78 is 5.01. The van der Waals surface area contributed by atoms with E-state index in [2.05, 4.69) is 0 Å². The number of carbonyl (C=O) groups is 1. The Hall–Kier alpha value is -1.26. The monoisotopic (exact) mass is 201 g/mol. The van der Waals surface area contributed by atoms with E-state index in [1.54, 1.807) is 13.8 Å². The molecule has 0 radical (unpaired) electrons. The largest absolute Gasteiger partial charge is 0.447 e. The van der Waals surface area contributed by atoms with Crippen LogP contribution in [0.25, 0.3) is 0 Å². The fourth-order valence-corrected chi connectivity index (χ4v) is 0.911. The minimum Gasteiger partial charge on any atom is -0.447 e. The van der Waals surface area contributed by atoms with Crippen molar-refractivity contribution in [3.63, 3.8) is 0 Å². The highest BCUT2D eigenvalue weighted by molar-refractivity contribution is 5.83. The van der Waals surface area contributed by atoms with Gasteiger partial charge in [-0.1, -0.05) is 0 Å². The normalized spacial score (nSPS) is 10.4. The molecule has 0 aromatic heterocycles. The molecule has 0 atom stereocenters. The molecule has 0 aliphatic carbocycles. The molecule has 0 aromatic rings. The molecule has 0 unspecified atom stereocenters. The minimum absolute atomic E-state index is 0.0230. The molecule has 82 valence electrons. The Bertz CT molecular complexity index is 214. The van der Waals surface area contributed by atoms with E-state index in [4.69, 9.17) is 15.9 Å². The van der Waals surface area contributed by atoms with Crippen molar-refractivity contribution in [3.05, 3.63) is 0 Å². The summed E-state index contributed by atoms with van der Waals surface area (Å²) in [5.41, 5.74) is 5.23. The Morgan fingerprint density at radius 2 is 1.93 bits per heavy atom. The zero-order valence-corrected chi connectivity index (χ0v) is 9.20. The average molecular weight is 201 g/mol. The van der Waals surface area contributed by atoms with Gasteiger partial charge in [0.15, 0.2) is 0 Å². The third-order valence-electron chi connectivity index (χ3n) is 1.54. The first-order chi connectivity index (χ1) is 6.34. The highest BCUT2D eigenvalue weighted by Crippen LogP contribution is 2.03. The minimum atomic E-state index is -0.426. The van der Waals surface area contributed by atoms with Gasteiger partial charge >= 0.3 is 6.09 Å². The molecule has 5 heteroatoms. The number of rotatable bonds is 4. The van der Waals surface area contributed by atoms with E-state index in [9.17, 15) is 4.79 Å². The molecule has 0 saturated heterocycles. The molecule has 0 rings (SSSR count). The molecule has 0 bridgehead atoms. The van der Waals surface area contributed by atoms with E-state index in [-0.39, 0.29) is 24.5 Å². The summed E-state index contributed by atoms with van der Waals surface area (Å²) in [6, 6.07) is -0.0230. The van der Waals surface area contributed by atoms with Crippen LogP contribution in [0.4, 0.5) is 4.79 Å². The SMILES string of the molecule is CC(C)OC(=O)N(CC(=N)N)C(C)C. The van der Waals surface area contributed by atoms with E-state index < -0.39 is 6.09 Å². The summed E-state index contributed by atoms with van der Waals surface area (Å²) in [4.78, 5) is 12.9. The highest BCUT2D eigenvalue weighted by Gasteiger charge is 2.19. The van der Waals surface area contributed by atoms with Gasteiger partial charge in [0.05, 0.1) is 12.6 Å². The Morgan fingerprint density at radius 1 is 1.43 bits per heavy atom. The molecular weight excluding hydrogens is 182 g/mol. The van der Waals surface area contributed by atoms with Gasteiger partial charge in [0.25, 0.3) is 0 Å². The molecule has 0 heterocycles. The van der Waals surface area contributed by atoms with Gasteiger partial charge in [-0.2, -0.15) is 0 Å². The molecule has 0 spiro atoms. The quantitative estimate of drug-likeness (QED) is 0.529. The first-order valence-electron chi connectivity index (χ1n) is 4.64. The number of amides is 1. The van der Waals surface area contributed by atoms with Crippen molar-refractivity contribution in [2.24, 2.45) is 5.73 Å². The lowest BCUT2D eigenvalue weighted by molar-refractivity contribution is 0.0730. The first kappa shape index (κ1) is 12.7. The second kappa shape index (κ2) is 5.47. The lowest BCUT2D eigenvalue weighted by Crippen LogP contribution is -2.43. The summed E-state index contributed by atoms with van der Waals surface area (Å²) in [5.74, 6) is -0.0422. The zero-order valence-electron chi connectivity index (χ0n) is 9.20. The van der Waals surface area contributed by atoms with Crippen LogP contribution in [-0.2, 0) is 4.74 Å². The molecule has 0 aromatic carbocycles. The van der Waals surface area contributed by atoms with Gasteiger partial charge in [0, 0.05) is 6.04 Å². The summed E-state index contributed by atoms with van der Waals surface area (Å²) in [6.45, 7) is 7.38. The lowest BCUT2D eigenvalue weighted by Gasteiger charge is -2.26. The van der Waals surface area contributed by atoms with E-state index >= 15 is 0 Å². The molecule has 0 saturated carbocycles. The number of amidine groups is 1. The molecule has 0 aliphatic rings. The van der Waals surface area contributed by atoms with Crippen LogP contribution in [0.3, 0.4) is 0 Å². The predicted molar refractivity (Wildman–Crippen MR) is 55.4 cm³/mol. The van der Waals surface area contributed by atoms with Crippen molar-refractivity contribution < 1.29 is 9.53 Å². The smallest absolute Gasteiger partial charge is 0.410 e. The molecule has 0 aliphatic heterocycles. The second-order valence-corrected chi connectivity index (χ2v) is 3.68. The van der Waals surface area contributed by atoms with E-state index in [1.165, 1.54) is 4.90 Å². The third-order valence-corrected chi connectivity index (χ3v) is 1.54. The maximum atomic E-state index is 11.5. The number of hydrogen-bond acceptors (Lipinski definition) is 3. The molecule has 14 heavy (non-hydrogen) atoms. The maximum absolute atomic E-state index is 11.5. The van der Waals surface area contributed by atoms with Gasteiger partial charge in [-0.05, 0) is 27.7 Å². The van der Waals surface area contributed by atoms with E-state index in [0.717, 1.165) is 0 Å². The van der Waals surface area contributed by atoms with Gasteiger partial charge in [0.1, 0.15) is 5.84 Å². The standard InChI is InChI=1S/C9H19N3O2/c1-6(2)12(5-8(10)11)9(13)14-7(3)4/h6-7H,5H2,1-4H3,(H3,10,11). The molecule has 5 nitrogen and oxygen atoms in total. The van der Waals surface area contributed by atoms with Crippen LogP contribution in [0.5, 0.6) is 0 Å². The molecular formula is C9H19N3O2. The van der Waals surface area contributed by atoms with Crippen molar-refractivity contribution in [1.82, 2.24) is 4.90 Å². The van der Waals surface area contributed by atoms with Crippen molar-refractivity contribution in [3.8, 4) is 0 Å². The van der Waals surface area contributed by atoms with E-state index in [1.807, 2.05) is 13.8 Å². The van der Waals surface area contributed by atoms with Gasteiger partial charge in [-0.25, -0.2) is 4.79 Å². The summed E-state index contributed by atoms with van der Waals surface area (Å²) in [5, 5.41) is 7.12. The van der Waals surface area contributed by atoms with Crippen LogP contribution >= 0.6 is 0 Å². The summed E-state index contributed by atoms with van der Waals surface area (Å²) in [7, 11) is 0. The predicted octanol–water partition coefficient (Wildman–Crippen LogP) is 1.18. The number of nitrogens with zero attached hydrogens (tertiary/aromatic N) is 1. The Kier molecular flexibility index (Phi) is 4.97. The lowest BCUT2D eigenvalue weighted by atomic mass is 10.3. The second-order valence-electron chi connectivity index (χ2n) is 3.68. The number of nitrogens with two attached hydrogens (primary N) is 1. The number of nitrogens with one attached hydrogen (secondary N) is 1. The van der Waals surface area contributed by atoms with Crippen molar-refractivity contribution in [1.29, 1.82) is 5.41 Å². The van der Waals surface area contributed by atoms with Gasteiger partial charge in [0.2, 0.25) is 0 Å². The molecule has 0 fully saturated rings. The Labute approximate surface area is 84.7 Å². The fourth-order valence-electron chi connectivity index (χ4n) is 0.911. The van der Waals surface area contributed by atoms with Crippen LogP contribution in [-0.4, -0.2) is 35.5 Å². The summed E-state index contributed by atoms with van der Waals surface area (Å²) in [6.07, 6.45) is -0.582. The van der Waals surface area contributed by atoms with Crippen molar-refractivity contribution in [2.45, 2.75) is 39.8 Å². The zero-order chi connectivity index (χ0) is 11.3. The van der Waals surface area contributed by atoms with Crippen molar-refractivity contribution in [2.75, 3.05) is 6.54 Å². The number of ether oxygens (including phenoxy) is 1. The average Bonchev–Trinajstić information content (AvgIpc) is 1.97. The highest BCUT2D eigenvalue weighted by atomic mass is 16.6. The number of hydrogen-bond donors (Lipinski definition) is 2. The van der Waals surface area contributed by atoms with E-state index in [0.29, 0.717) is 0 Å². The molecule has 1 amide bonds.